The third-order valence-corrected chi connectivity index (χ3v) is 4.00. The minimum atomic E-state index is -0.235. The molecule has 2 rings (SSSR count). The Morgan fingerprint density at radius 3 is 2.62 bits per heavy atom. The first-order chi connectivity index (χ1) is 7.66. The predicted molar refractivity (Wildman–Crippen MR) is 64.5 cm³/mol. The molecule has 0 aromatic heterocycles. The summed E-state index contributed by atoms with van der Waals surface area (Å²) in [6, 6.07) is 6.74. The van der Waals surface area contributed by atoms with Gasteiger partial charge in [-0.05, 0) is 36.5 Å². The highest BCUT2D eigenvalue weighted by atomic mass is 19.1. The largest absolute Gasteiger partial charge is 0.321 e. The van der Waals surface area contributed by atoms with Crippen molar-refractivity contribution in [3.63, 3.8) is 0 Å². The van der Waals surface area contributed by atoms with Gasteiger partial charge >= 0.3 is 0 Å². The highest BCUT2D eigenvalue weighted by Gasteiger charge is 2.37. The summed E-state index contributed by atoms with van der Waals surface area (Å²) < 4.78 is 12.9. The Morgan fingerprint density at radius 2 is 2.00 bits per heavy atom. The van der Waals surface area contributed by atoms with Crippen LogP contribution in [0.2, 0.25) is 0 Å². The number of rotatable bonds is 2. The fourth-order valence-corrected chi connectivity index (χ4v) is 2.98. The Bertz CT molecular complexity index is 346. The Balaban J connectivity index is 2.31. The number of benzene rings is 1. The molecule has 2 heteroatoms. The first-order valence-electron chi connectivity index (χ1n) is 6.21. The summed E-state index contributed by atoms with van der Waals surface area (Å²) in [5.74, 6) is 0.350. The van der Waals surface area contributed by atoms with Gasteiger partial charge in [0.05, 0.1) is 0 Å². The maximum Gasteiger partial charge on any atom is 0.123 e. The van der Waals surface area contributed by atoms with Gasteiger partial charge < -0.3 is 5.73 Å². The number of nitrogens with two attached hydrogens (primary N) is 1. The van der Waals surface area contributed by atoms with E-state index in [2.05, 4.69) is 6.92 Å². The van der Waals surface area contributed by atoms with Crippen LogP contribution in [0.1, 0.15) is 44.6 Å². The zero-order valence-corrected chi connectivity index (χ0v) is 9.88. The maximum atomic E-state index is 12.9. The van der Waals surface area contributed by atoms with Gasteiger partial charge in [-0.3, -0.25) is 0 Å². The third kappa shape index (κ3) is 1.99. The fourth-order valence-electron chi connectivity index (χ4n) is 2.98. The van der Waals surface area contributed by atoms with Gasteiger partial charge in [-0.15, -0.1) is 0 Å². The fraction of sp³-hybridized carbons (Fsp3) is 0.571. The molecule has 1 aromatic carbocycles. The third-order valence-electron chi connectivity index (χ3n) is 4.00. The summed E-state index contributed by atoms with van der Waals surface area (Å²) in [7, 11) is 0. The van der Waals surface area contributed by atoms with Crippen LogP contribution in [0.25, 0.3) is 0 Å². The van der Waals surface area contributed by atoms with Gasteiger partial charge in [0.25, 0.3) is 0 Å². The van der Waals surface area contributed by atoms with Crippen molar-refractivity contribution >= 4 is 0 Å². The van der Waals surface area contributed by atoms with E-state index < -0.39 is 0 Å². The van der Waals surface area contributed by atoms with Gasteiger partial charge in [-0.25, -0.2) is 4.39 Å². The van der Waals surface area contributed by atoms with Gasteiger partial charge in [0.1, 0.15) is 5.82 Å². The molecule has 0 aliphatic heterocycles. The van der Waals surface area contributed by atoms with E-state index in [-0.39, 0.29) is 11.4 Å². The smallest absolute Gasteiger partial charge is 0.123 e. The van der Waals surface area contributed by atoms with E-state index in [0.29, 0.717) is 5.92 Å². The van der Waals surface area contributed by atoms with Gasteiger partial charge in [-0.2, -0.15) is 0 Å². The number of hydrogen-bond acceptors (Lipinski definition) is 1. The lowest BCUT2D eigenvalue weighted by molar-refractivity contribution is 0.184. The topological polar surface area (TPSA) is 26.0 Å². The molecular weight excluding hydrogens is 201 g/mol. The summed E-state index contributed by atoms with van der Waals surface area (Å²) in [5.41, 5.74) is 7.42. The molecule has 88 valence electrons. The van der Waals surface area contributed by atoms with E-state index in [1.54, 1.807) is 0 Å². The highest BCUT2D eigenvalue weighted by molar-refractivity contribution is 5.26. The quantitative estimate of drug-likeness (QED) is 0.811. The summed E-state index contributed by atoms with van der Waals surface area (Å²) in [4.78, 5) is 0. The zero-order chi connectivity index (χ0) is 11.6. The molecule has 0 heterocycles. The monoisotopic (exact) mass is 221 g/mol. The first kappa shape index (κ1) is 11.6. The molecule has 0 radical (unpaired) electrons. The van der Waals surface area contributed by atoms with Crippen LogP contribution < -0.4 is 5.73 Å². The molecule has 0 amide bonds. The summed E-state index contributed by atoms with van der Waals surface area (Å²) in [5, 5.41) is 0. The SMILES string of the molecule is CCC1CCCCC1(N)c1ccc(F)cc1. The summed E-state index contributed by atoms with van der Waals surface area (Å²) in [6.07, 6.45) is 5.79. The van der Waals surface area contributed by atoms with E-state index in [1.807, 2.05) is 12.1 Å². The van der Waals surface area contributed by atoms with Crippen molar-refractivity contribution in [1.29, 1.82) is 0 Å². The normalized spacial score (nSPS) is 30.3. The van der Waals surface area contributed by atoms with Crippen molar-refractivity contribution < 1.29 is 4.39 Å². The highest BCUT2D eigenvalue weighted by Crippen LogP contribution is 2.41. The average Bonchev–Trinajstić information content (AvgIpc) is 2.30. The molecule has 1 aliphatic rings. The molecule has 16 heavy (non-hydrogen) atoms. The molecule has 1 aliphatic carbocycles. The van der Waals surface area contributed by atoms with Crippen molar-refractivity contribution in [1.82, 2.24) is 0 Å². The van der Waals surface area contributed by atoms with Crippen molar-refractivity contribution in [2.24, 2.45) is 11.7 Å². The van der Waals surface area contributed by atoms with Crippen molar-refractivity contribution in [3.05, 3.63) is 35.6 Å². The van der Waals surface area contributed by atoms with E-state index in [0.717, 1.165) is 18.4 Å². The van der Waals surface area contributed by atoms with Crippen LogP contribution in [0.4, 0.5) is 4.39 Å². The van der Waals surface area contributed by atoms with Crippen LogP contribution in [0, 0.1) is 11.7 Å². The summed E-state index contributed by atoms with van der Waals surface area (Å²) >= 11 is 0. The molecular formula is C14H20FN. The summed E-state index contributed by atoms with van der Waals surface area (Å²) in [6.45, 7) is 2.20. The lowest BCUT2D eigenvalue weighted by Gasteiger charge is -2.41. The number of halogens is 1. The molecule has 2 N–H and O–H groups in total. The molecule has 1 fully saturated rings. The predicted octanol–water partition coefficient (Wildman–Crippen LogP) is 3.58. The minimum absolute atomic E-state index is 0.184. The van der Waals surface area contributed by atoms with Crippen molar-refractivity contribution in [2.45, 2.75) is 44.6 Å². The van der Waals surface area contributed by atoms with Gasteiger partial charge in [0, 0.05) is 5.54 Å². The van der Waals surface area contributed by atoms with E-state index >= 15 is 0 Å². The van der Waals surface area contributed by atoms with Gasteiger partial charge in [0.2, 0.25) is 0 Å². The molecule has 0 bridgehead atoms. The van der Waals surface area contributed by atoms with Crippen molar-refractivity contribution in [3.8, 4) is 0 Å². The molecule has 1 aromatic rings. The Labute approximate surface area is 96.9 Å². The lowest BCUT2D eigenvalue weighted by Crippen LogP contribution is -2.46. The Hall–Kier alpha value is -0.890. The van der Waals surface area contributed by atoms with Crippen LogP contribution in [-0.4, -0.2) is 0 Å². The van der Waals surface area contributed by atoms with Crippen LogP contribution >= 0.6 is 0 Å². The molecule has 2 atom stereocenters. The number of hydrogen-bond donors (Lipinski definition) is 1. The van der Waals surface area contributed by atoms with Crippen LogP contribution in [0.5, 0.6) is 0 Å². The van der Waals surface area contributed by atoms with E-state index in [4.69, 9.17) is 5.73 Å². The molecule has 2 unspecified atom stereocenters. The standard InChI is InChI=1S/C14H20FN/c1-2-11-5-3-4-10-14(11,16)12-6-8-13(15)9-7-12/h6-9,11H,2-5,10,16H2,1H3. The maximum absolute atomic E-state index is 12.9. The average molecular weight is 221 g/mol. The van der Waals surface area contributed by atoms with E-state index in [1.165, 1.54) is 31.4 Å². The first-order valence-corrected chi connectivity index (χ1v) is 6.21. The second-order valence-corrected chi connectivity index (χ2v) is 4.90. The van der Waals surface area contributed by atoms with Crippen LogP contribution in [-0.2, 0) is 5.54 Å². The molecule has 1 nitrogen and oxygen atoms in total. The Morgan fingerprint density at radius 1 is 1.31 bits per heavy atom. The molecule has 0 spiro atoms. The van der Waals surface area contributed by atoms with Gasteiger partial charge in [0.15, 0.2) is 0 Å². The Kier molecular flexibility index (Phi) is 3.29. The van der Waals surface area contributed by atoms with Gasteiger partial charge in [-0.1, -0.05) is 38.3 Å². The zero-order valence-electron chi connectivity index (χ0n) is 9.88. The molecule has 0 saturated heterocycles. The second kappa shape index (κ2) is 4.54. The minimum Gasteiger partial charge on any atom is -0.321 e. The van der Waals surface area contributed by atoms with Crippen LogP contribution in [0.3, 0.4) is 0 Å². The second-order valence-electron chi connectivity index (χ2n) is 4.90. The van der Waals surface area contributed by atoms with E-state index in [9.17, 15) is 4.39 Å². The lowest BCUT2D eigenvalue weighted by atomic mass is 9.68. The van der Waals surface area contributed by atoms with Crippen molar-refractivity contribution in [2.75, 3.05) is 0 Å². The van der Waals surface area contributed by atoms with Crippen LogP contribution in [0.15, 0.2) is 24.3 Å². The molecule has 1 saturated carbocycles.